The number of nitrogens with one attached hydrogen (secondary N) is 1. The van der Waals surface area contributed by atoms with Gasteiger partial charge in [-0.05, 0) is 57.7 Å². The van der Waals surface area contributed by atoms with Crippen molar-refractivity contribution in [2.75, 3.05) is 37.7 Å². The number of alkyl carbamates (subject to hydrolysis) is 1. The van der Waals surface area contributed by atoms with Crippen molar-refractivity contribution >= 4 is 17.9 Å². The van der Waals surface area contributed by atoms with Crippen LogP contribution in [0.1, 0.15) is 51.6 Å². The standard InChI is InChI=1S/C22H33N3O5/c1-22(2,3)30-20(27)23-19(10-13-24-11-8-18(26)9-12-24)16-4-6-17(7-5-16)25-14-15-29-21(25)28/h4-7,18-19,26H,8-15H2,1-3H3,(H,23,27)/t19-/m1/s1. The topological polar surface area (TPSA) is 91.3 Å². The number of ether oxygens (including phenoxy) is 2. The summed E-state index contributed by atoms with van der Waals surface area (Å²) < 4.78 is 10.4. The van der Waals surface area contributed by atoms with Gasteiger partial charge >= 0.3 is 12.2 Å². The molecule has 0 spiro atoms. The molecule has 2 aliphatic rings. The van der Waals surface area contributed by atoms with E-state index in [9.17, 15) is 14.7 Å². The molecule has 2 N–H and O–H groups in total. The normalized spacial score (nSPS) is 19.5. The van der Waals surface area contributed by atoms with Gasteiger partial charge in [0.15, 0.2) is 0 Å². The first-order valence-electron chi connectivity index (χ1n) is 10.7. The maximum Gasteiger partial charge on any atom is 0.414 e. The van der Waals surface area contributed by atoms with Crippen molar-refractivity contribution in [2.45, 2.75) is 57.8 Å². The molecular formula is C22H33N3O5. The second-order valence-corrected chi connectivity index (χ2v) is 8.92. The summed E-state index contributed by atoms with van der Waals surface area (Å²) in [7, 11) is 0. The van der Waals surface area contributed by atoms with Crippen LogP contribution in [0.4, 0.5) is 15.3 Å². The van der Waals surface area contributed by atoms with Gasteiger partial charge in [-0.2, -0.15) is 0 Å². The lowest BCUT2D eigenvalue weighted by Gasteiger charge is -2.31. The van der Waals surface area contributed by atoms with Crippen LogP contribution in [0.2, 0.25) is 0 Å². The maximum atomic E-state index is 12.4. The highest BCUT2D eigenvalue weighted by atomic mass is 16.6. The summed E-state index contributed by atoms with van der Waals surface area (Å²) >= 11 is 0. The molecule has 8 nitrogen and oxygen atoms in total. The van der Waals surface area contributed by atoms with E-state index < -0.39 is 11.7 Å². The Labute approximate surface area is 178 Å². The van der Waals surface area contributed by atoms with Crippen molar-refractivity contribution in [2.24, 2.45) is 0 Å². The number of cyclic esters (lactones) is 1. The third-order valence-electron chi connectivity index (χ3n) is 5.35. The smallest absolute Gasteiger partial charge is 0.414 e. The quantitative estimate of drug-likeness (QED) is 0.736. The summed E-state index contributed by atoms with van der Waals surface area (Å²) in [5, 5.41) is 12.7. The van der Waals surface area contributed by atoms with Gasteiger partial charge in [0.1, 0.15) is 12.2 Å². The second-order valence-electron chi connectivity index (χ2n) is 8.92. The van der Waals surface area contributed by atoms with Crippen LogP contribution < -0.4 is 10.2 Å². The van der Waals surface area contributed by atoms with Gasteiger partial charge in [0.25, 0.3) is 0 Å². The van der Waals surface area contributed by atoms with E-state index in [1.54, 1.807) is 4.90 Å². The summed E-state index contributed by atoms with van der Waals surface area (Å²) in [6, 6.07) is 7.41. The molecule has 0 saturated carbocycles. The Morgan fingerprint density at radius 3 is 2.47 bits per heavy atom. The van der Waals surface area contributed by atoms with Crippen molar-refractivity contribution < 1.29 is 24.2 Å². The molecule has 2 saturated heterocycles. The van der Waals surface area contributed by atoms with Crippen LogP contribution in [0.25, 0.3) is 0 Å². The van der Waals surface area contributed by atoms with E-state index in [-0.39, 0.29) is 18.2 Å². The fourth-order valence-electron chi connectivity index (χ4n) is 3.74. The van der Waals surface area contributed by atoms with E-state index in [0.29, 0.717) is 13.2 Å². The van der Waals surface area contributed by atoms with Gasteiger partial charge in [0.2, 0.25) is 0 Å². The Morgan fingerprint density at radius 1 is 1.23 bits per heavy atom. The van der Waals surface area contributed by atoms with Crippen LogP contribution in [0.15, 0.2) is 24.3 Å². The molecule has 2 fully saturated rings. The second kappa shape index (κ2) is 9.66. The lowest BCUT2D eigenvalue weighted by Crippen LogP contribution is -2.39. The lowest BCUT2D eigenvalue weighted by molar-refractivity contribution is 0.0491. The molecule has 8 heteroatoms. The van der Waals surface area contributed by atoms with Crippen LogP contribution in [0, 0.1) is 0 Å². The predicted octanol–water partition coefficient (Wildman–Crippen LogP) is 3.06. The molecule has 0 aliphatic carbocycles. The number of hydrogen-bond donors (Lipinski definition) is 2. The SMILES string of the molecule is CC(C)(C)OC(=O)N[C@H](CCN1CCC(O)CC1)c1ccc(N2CCOC2=O)cc1. The Morgan fingerprint density at radius 2 is 1.90 bits per heavy atom. The fraction of sp³-hybridized carbons (Fsp3) is 0.636. The third-order valence-corrected chi connectivity index (χ3v) is 5.35. The number of piperidine rings is 1. The van der Waals surface area contributed by atoms with Gasteiger partial charge in [-0.3, -0.25) is 4.90 Å². The number of aliphatic hydroxyl groups is 1. The van der Waals surface area contributed by atoms with Crippen LogP contribution in [-0.4, -0.2) is 66.7 Å². The molecule has 3 rings (SSSR count). The van der Waals surface area contributed by atoms with E-state index in [0.717, 1.165) is 50.1 Å². The summed E-state index contributed by atoms with van der Waals surface area (Å²) in [6.07, 6.45) is 1.30. The van der Waals surface area contributed by atoms with Crippen molar-refractivity contribution in [1.82, 2.24) is 10.2 Å². The molecular weight excluding hydrogens is 386 g/mol. The zero-order valence-electron chi connectivity index (χ0n) is 18.1. The molecule has 2 aliphatic heterocycles. The number of carbonyl (C=O) groups is 2. The van der Waals surface area contributed by atoms with Crippen LogP contribution in [-0.2, 0) is 9.47 Å². The van der Waals surface area contributed by atoms with Crippen LogP contribution >= 0.6 is 0 Å². The maximum absolute atomic E-state index is 12.4. The molecule has 0 unspecified atom stereocenters. The van der Waals surface area contributed by atoms with Gasteiger partial charge in [-0.25, -0.2) is 9.59 Å². The Hall–Kier alpha value is -2.32. The average molecular weight is 420 g/mol. The van der Waals surface area contributed by atoms with Crippen molar-refractivity contribution in [1.29, 1.82) is 0 Å². The molecule has 2 heterocycles. The first-order chi connectivity index (χ1) is 14.2. The van der Waals surface area contributed by atoms with E-state index >= 15 is 0 Å². The Bertz CT molecular complexity index is 723. The van der Waals surface area contributed by atoms with Gasteiger partial charge in [0.05, 0.1) is 18.7 Å². The number of hydrogen-bond acceptors (Lipinski definition) is 6. The molecule has 0 bridgehead atoms. The number of carbonyl (C=O) groups excluding carboxylic acids is 2. The molecule has 1 aromatic rings. The van der Waals surface area contributed by atoms with E-state index in [1.807, 2.05) is 45.0 Å². The monoisotopic (exact) mass is 419 g/mol. The minimum absolute atomic E-state index is 0.207. The van der Waals surface area contributed by atoms with Crippen molar-refractivity contribution in [3.63, 3.8) is 0 Å². The van der Waals surface area contributed by atoms with Crippen molar-refractivity contribution in [3.05, 3.63) is 29.8 Å². The molecule has 30 heavy (non-hydrogen) atoms. The van der Waals surface area contributed by atoms with E-state index in [2.05, 4.69) is 10.2 Å². The molecule has 166 valence electrons. The molecule has 2 amide bonds. The number of amides is 2. The number of rotatable bonds is 6. The lowest BCUT2D eigenvalue weighted by atomic mass is 10.0. The van der Waals surface area contributed by atoms with Gasteiger partial charge in [-0.1, -0.05) is 12.1 Å². The summed E-state index contributed by atoms with van der Waals surface area (Å²) in [5.41, 5.74) is 1.16. The van der Waals surface area contributed by atoms with Crippen molar-refractivity contribution in [3.8, 4) is 0 Å². The van der Waals surface area contributed by atoms with Gasteiger partial charge in [0, 0.05) is 25.3 Å². The summed E-state index contributed by atoms with van der Waals surface area (Å²) in [4.78, 5) is 28.1. The highest BCUT2D eigenvalue weighted by Gasteiger charge is 2.25. The zero-order valence-corrected chi connectivity index (χ0v) is 18.1. The summed E-state index contributed by atoms with van der Waals surface area (Å²) in [6.45, 7) is 8.98. The fourth-order valence-corrected chi connectivity index (χ4v) is 3.74. The first kappa shape index (κ1) is 22.4. The van der Waals surface area contributed by atoms with E-state index in [1.165, 1.54) is 0 Å². The molecule has 1 aromatic carbocycles. The van der Waals surface area contributed by atoms with Gasteiger partial charge < -0.3 is 24.8 Å². The van der Waals surface area contributed by atoms with Crippen LogP contribution in [0.3, 0.4) is 0 Å². The minimum Gasteiger partial charge on any atom is -0.447 e. The Kier molecular flexibility index (Phi) is 7.20. The number of likely N-dealkylation sites (tertiary alicyclic amines) is 1. The number of nitrogens with zero attached hydrogens (tertiary/aromatic N) is 2. The average Bonchev–Trinajstić information content (AvgIpc) is 3.11. The highest BCUT2D eigenvalue weighted by Crippen LogP contribution is 2.25. The minimum atomic E-state index is -0.572. The number of benzene rings is 1. The third kappa shape index (κ3) is 6.34. The van der Waals surface area contributed by atoms with E-state index in [4.69, 9.17) is 9.47 Å². The first-order valence-corrected chi connectivity index (χ1v) is 10.7. The molecule has 1 atom stereocenters. The number of anilines is 1. The molecule has 0 radical (unpaired) electrons. The zero-order chi connectivity index (χ0) is 21.7. The largest absolute Gasteiger partial charge is 0.447 e. The molecule has 0 aromatic heterocycles. The number of aliphatic hydroxyl groups excluding tert-OH is 1. The summed E-state index contributed by atoms with van der Waals surface area (Å²) in [5.74, 6) is 0. The van der Waals surface area contributed by atoms with Crippen LogP contribution in [0.5, 0.6) is 0 Å². The Balaban J connectivity index is 1.67. The van der Waals surface area contributed by atoms with Gasteiger partial charge in [-0.15, -0.1) is 0 Å². The highest BCUT2D eigenvalue weighted by molar-refractivity contribution is 5.89. The predicted molar refractivity (Wildman–Crippen MR) is 114 cm³/mol.